The highest BCUT2D eigenvalue weighted by Gasteiger charge is 2.52. The second-order valence-corrected chi connectivity index (χ2v) is 9.57. The summed E-state index contributed by atoms with van der Waals surface area (Å²) in [5, 5.41) is 9.86. The lowest BCUT2D eigenvalue weighted by Gasteiger charge is -2.40. The first-order valence-electron chi connectivity index (χ1n) is 11.2. The molecule has 2 aliphatic heterocycles. The Balaban J connectivity index is 1.51. The second-order valence-electron chi connectivity index (χ2n) is 9.57. The van der Waals surface area contributed by atoms with Gasteiger partial charge in [0.1, 0.15) is 11.9 Å². The van der Waals surface area contributed by atoms with Gasteiger partial charge in [-0.05, 0) is 52.7 Å². The van der Waals surface area contributed by atoms with Gasteiger partial charge < -0.3 is 19.1 Å². The Hall–Kier alpha value is -2.70. The molecule has 2 aromatic heterocycles. The average Bonchev–Trinajstić information content (AvgIpc) is 3.00. The van der Waals surface area contributed by atoms with E-state index in [-0.39, 0.29) is 6.04 Å². The summed E-state index contributed by atoms with van der Waals surface area (Å²) in [6, 6.07) is 4.32. The fourth-order valence-electron chi connectivity index (χ4n) is 4.04. The maximum absolute atomic E-state index is 9.86. The minimum Gasteiger partial charge on any atom is -0.399 e. The standard InChI is InChI=1S/C23H31BN6O2/c1-7-17-12-27-21(28-13-17)29-8-9-30(16(2)15-29)20-18(11-25)10-19(14-26-20)24-31-22(3,4)23(5,6)32-24/h10,12-14,16H,7-9,15H2,1-6H3. The fraction of sp³-hybridized carbons (Fsp3) is 0.565. The molecule has 4 heterocycles. The van der Waals surface area contributed by atoms with Crippen LogP contribution in [0.4, 0.5) is 11.8 Å². The first kappa shape index (κ1) is 22.5. The Morgan fingerprint density at radius 3 is 2.31 bits per heavy atom. The van der Waals surface area contributed by atoms with Crippen molar-refractivity contribution in [2.75, 3.05) is 29.4 Å². The van der Waals surface area contributed by atoms with E-state index < -0.39 is 18.3 Å². The van der Waals surface area contributed by atoms with Gasteiger partial charge in [-0.15, -0.1) is 0 Å². The van der Waals surface area contributed by atoms with Crippen molar-refractivity contribution in [2.24, 2.45) is 0 Å². The van der Waals surface area contributed by atoms with Crippen LogP contribution >= 0.6 is 0 Å². The zero-order chi connectivity index (χ0) is 23.1. The van der Waals surface area contributed by atoms with E-state index in [1.165, 1.54) is 0 Å². The van der Waals surface area contributed by atoms with E-state index in [0.29, 0.717) is 11.4 Å². The van der Waals surface area contributed by atoms with Crippen LogP contribution in [-0.2, 0) is 15.7 Å². The van der Waals surface area contributed by atoms with Gasteiger partial charge >= 0.3 is 7.12 Å². The van der Waals surface area contributed by atoms with Gasteiger partial charge in [0.25, 0.3) is 0 Å². The van der Waals surface area contributed by atoms with Gasteiger partial charge in [0, 0.05) is 49.7 Å². The largest absolute Gasteiger partial charge is 0.496 e. The number of aryl methyl sites for hydroxylation is 1. The zero-order valence-electron chi connectivity index (χ0n) is 19.8. The number of rotatable bonds is 4. The highest BCUT2D eigenvalue weighted by Crippen LogP contribution is 2.36. The lowest BCUT2D eigenvalue weighted by molar-refractivity contribution is 0.00578. The Kier molecular flexibility index (Phi) is 5.86. The minimum absolute atomic E-state index is 0.153. The van der Waals surface area contributed by atoms with Crippen molar-refractivity contribution in [1.29, 1.82) is 5.26 Å². The molecule has 32 heavy (non-hydrogen) atoms. The molecule has 0 aliphatic carbocycles. The summed E-state index contributed by atoms with van der Waals surface area (Å²) in [5.41, 5.74) is 1.54. The van der Waals surface area contributed by atoms with Gasteiger partial charge in [-0.3, -0.25) is 0 Å². The number of nitriles is 1. The molecule has 2 aromatic rings. The molecule has 8 nitrogen and oxygen atoms in total. The highest BCUT2D eigenvalue weighted by atomic mass is 16.7. The molecule has 0 saturated carbocycles. The molecule has 2 fully saturated rings. The zero-order valence-corrected chi connectivity index (χ0v) is 19.8. The van der Waals surface area contributed by atoms with Crippen molar-refractivity contribution in [3.8, 4) is 6.07 Å². The summed E-state index contributed by atoms with van der Waals surface area (Å²) in [5.74, 6) is 1.44. The van der Waals surface area contributed by atoms with Gasteiger partial charge in [0.05, 0.1) is 16.8 Å². The van der Waals surface area contributed by atoms with E-state index in [9.17, 15) is 5.26 Å². The first-order valence-corrected chi connectivity index (χ1v) is 11.2. The average molecular weight is 434 g/mol. The SMILES string of the molecule is CCc1cnc(N2CCN(c3ncc(B4OC(C)(C)C(C)(C)O4)cc3C#N)C(C)C2)nc1. The molecule has 168 valence electrons. The monoisotopic (exact) mass is 434 g/mol. The first-order chi connectivity index (χ1) is 15.1. The normalized spacial score (nSPS) is 22.2. The van der Waals surface area contributed by atoms with Crippen molar-refractivity contribution in [3.05, 3.63) is 35.8 Å². The molecule has 0 amide bonds. The number of aromatic nitrogens is 3. The van der Waals surface area contributed by atoms with Gasteiger partial charge in [-0.2, -0.15) is 5.26 Å². The number of pyridine rings is 1. The van der Waals surface area contributed by atoms with Crippen LogP contribution in [0.5, 0.6) is 0 Å². The second kappa shape index (κ2) is 8.34. The Morgan fingerprint density at radius 1 is 1.09 bits per heavy atom. The number of anilines is 2. The summed E-state index contributed by atoms with van der Waals surface area (Å²) in [4.78, 5) is 18.1. The molecule has 0 N–H and O–H groups in total. The predicted octanol–water partition coefficient (Wildman–Crippen LogP) is 2.32. The van der Waals surface area contributed by atoms with Crippen molar-refractivity contribution in [2.45, 2.75) is 65.2 Å². The van der Waals surface area contributed by atoms with E-state index in [1.807, 2.05) is 46.2 Å². The number of nitrogens with zero attached hydrogens (tertiary/aromatic N) is 6. The molecule has 1 atom stereocenters. The van der Waals surface area contributed by atoms with Crippen LogP contribution in [0.3, 0.4) is 0 Å². The maximum Gasteiger partial charge on any atom is 0.496 e. The summed E-state index contributed by atoms with van der Waals surface area (Å²) in [6.45, 7) is 14.5. The Labute approximate surface area is 190 Å². The van der Waals surface area contributed by atoms with Gasteiger partial charge in [-0.1, -0.05) is 6.92 Å². The molecular weight excluding hydrogens is 403 g/mol. The summed E-state index contributed by atoms with van der Waals surface area (Å²) in [6.07, 6.45) is 6.48. The van der Waals surface area contributed by atoms with Crippen molar-refractivity contribution in [1.82, 2.24) is 15.0 Å². The molecule has 1 unspecified atom stereocenters. The molecule has 4 rings (SSSR count). The van der Waals surface area contributed by atoms with Crippen LogP contribution < -0.4 is 15.3 Å². The number of piperazine rings is 1. The van der Waals surface area contributed by atoms with Crippen LogP contribution in [0.15, 0.2) is 24.7 Å². The molecule has 0 spiro atoms. The summed E-state index contributed by atoms with van der Waals surface area (Å²) in [7, 11) is -0.536. The van der Waals surface area contributed by atoms with Crippen LogP contribution in [0.25, 0.3) is 0 Å². The van der Waals surface area contributed by atoms with Crippen LogP contribution in [0.1, 0.15) is 52.7 Å². The van der Waals surface area contributed by atoms with Gasteiger partial charge in [-0.25, -0.2) is 15.0 Å². The van der Waals surface area contributed by atoms with Crippen LogP contribution in [0.2, 0.25) is 0 Å². The van der Waals surface area contributed by atoms with E-state index in [0.717, 1.165) is 43.0 Å². The molecule has 0 aromatic carbocycles. The maximum atomic E-state index is 9.86. The van der Waals surface area contributed by atoms with E-state index in [2.05, 4.69) is 44.7 Å². The quantitative estimate of drug-likeness (QED) is 0.678. The molecule has 2 aliphatic rings. The van der Waals surface area contributed by atoms with Gasteiger partial charge in [0.2, 0.25) is 5.95 Å². The van der Waals surface area contributed by atoms with E-state index in [1.54, 1.807) is 6.20 Å². The van der Waals surface area contributed by atoms with Crippen molar-refractivity contribution >= 4 is 24.3 Å². The molecule has 9 heteroatoms. The number of hydrogen-bond donors (Lipinski definition) is 0. The molecule has 0 radical (unpaired) electrons. The number of hydrogen-bond acceptors (Lipinski definition) is 8. The summed E-state index contributed by atoms with van der Waals surface area (Å²) >= 11 is 0. The van der Waals surface area contributed by atoms with Crippen molar-refractivity contribution in [3.63, 3.8) is 0 Å². The topological polar surface area (TPSA) is 87.4 Å². The van der Waals surface area contributed by atoms with E-state index >= 15 is 0 Å². The van der Waals surface area contributed by atoms with Crippen molar-refractivity contribution < 1.29 is 9.31 Å². The molecular formula is C23H31BN6O2. The smallest absolute Gasteiger partial charge is 0.399 e. The predicted molar refractivity (Wildman–Crippen MR) is 125 cm³/mol. The third-order valence-electron chi connectivity index (χ3n) is 6.82. The molecule has 2 saturated heterocycles. The van der Waals surface area contributed by atoms with Crippen LogP contribution in [-0.4, -0.2) is 58.9 Å². The third-order valence-corrected chi connectivity index (χ3v) is 6.82. The van der Waals surface area contributed by atoms with E-state index in [4.69, 9.17) is 9.31 Å². The highest BCUT2D eigenvalue weighted by molar-refractivity contribution is 6.62. The van der Waals surface area contributed by atoms with Crippen LogP contribution in [0, 0.1) is 11.3 Å². The minimum atomic E-state index is -0.536. The molecule has 0 bridgehead atoms. The third kappa shape index (κ3) is 4.05. The lowest BCUT2D eigenvalue weighted by Crippen LogP contribution is -2.53. The Bertz CT molecular complexity index is 1000. The Morgan fingerprint density at radius 2 is 1.75 bits per heavy atom. The van der Waals surface area contributed by atoms with Gasteiger partial charge in [0.15, 0.2) is 0 Å². The summed E-state index contributed by atoms with van der Waals surface area (Å²) < 4.78 is 12.3. The lowest BCUT2D eigenvalue weighted by atomic mass is 9.79. The fourth-order valence-corrected chi connectivity index (χ4v) is 4.04.